The van der Waals surface area contributed by atoms with Crippen LogP contribution in [0.3, 0.4) is 0 Å². The third-order valence-electron chi connectivity index (χ3n) is 4.22. The molecule has 0 saturated carbocycles. The molecule has 0 unspecified atom stereocenters. The first-order valence-electron chi connectivity index (χ1n) is 10.3. The van der Waals surface area contributed by atoms with Crippen LogP contribution in [-0.4, -0.2) is 62.7 Å². The first-order chi connectivity index (χ1) is 13.6. The molecule has 29 heavy (non-hydrogen) atoms. The number of carbonyl (C=O) groups is 2. The van der Waals surface area contributed by atoms with Gasteiger partial charge in [-0.25, -0.2) is 0 Å². The van der Waals surface area contributed by atoms with Gasteiger partial charge in [-0.3, -0.25) is 9.59 Å². The van der Waals surface area contributed by atoms with E-state index in [0.717, 1.165) is 6.42 Å². The summed E-state index contributed by atoms with van der Waals surface area (Å²) in [6.45, 7) is 12.1. The Bertz CT molecular complexity index is 510. The van der Waals surface area contributed by atoms with Crippen molar-refractivity contribution in [2.75, 3.05) is 39.6 Å². The molecule has 1 amide bonds. The van der Waals surface area contributed by atoms with Gasteiger partial charge in [0.25, 0.3) is 0 Å². The molecule has 0 bridgehead atoms. The number of unbranched alkanes of at least 4 members (excludes halogenated alkanes) is 1. The molecule has 0 fully saturated rings. The van der Waals surface area contributed by atoms with E-state index in [1.807, 2.05) is 27.7 Å². The van der Waals surface area contributed by atoms with Crippen LogP contribution in [0.15, 0.2) is 0 Å². The summed E-state index contributed by atoms with van der Waals surface area (Å²) in [5.41, 5.74) is -0.694. The predicted octanol–water partition coefficient (Wildman–Crippen LogP) is 2.86. The number of esters is 1. The molecule has 0 heterocycles. The van der Waals surface area contributed by atoms with Crippen molar-refractivity contribution in [1.29, 1.82) is 0 Å². The van der Waals surface area contributed by atoms with Crippen LogP contribution < -0.4 is 5.32 Å². The van der Waals surface area contributed by atoms with E-state index < -0.39 is 0 Å². The Hall–Kier alpha value is -1.62. The van der Waals surface area contributed by atoms with Gasteiger partial charge in [0, 0.05) is 32.7 Å². The van der Waals surface area contributed by atoms with Gasteiger partial charge in [0.15, 0.2) is 0 Å². The Labute approximate surface area is 176 Å². The molecule has 0 atom stereocenters. The molecule has 0 spiro atoms. The summed E-state index contributed by atoms with van der Waals surface area (Å²) in [5, 5.41) is 2.79. The lowest BCUT2D eigenvalue weighted by molar-refractivity contribution is -0.143. The Morgan fingerprint density at radius 2 is 1.55 bits per heavy atom. The summed E-state index contributed by atoms with van der Waals surface area (Å²) in [5.74, 6) is 2.23. The van der Waals surface area contributed by atoms with E-state index in [9.17, 15) is 9.59 Å². The number of terminal acetylenes is 1. The van der Waals surface area contributed by atoms with Gasteiger partial charge < -0.3 is 24.3 Å². The van der Waals surface area contributed by atoms with Crippen LogP contribution in [-0.2, 0) is 28.5 Å². The maximum atomic E-state index is 11.5. The van der Waals surface area contributed by atoms with Crippen molar-refractivity contribution in [2.45, 2.75) is 77.9 Å². The molecule has 0 aromatic carbocycles. The van der Waals surface area contributed by atoms with Crippen molar-refractivity contribution in [3.63, 3.8) is 0 Å². The smallest absolute Gasteiger partial charge is 0.302 e. The summed E-state index contributed by atoms with van der Waals surface area (Å²) >= 11 is 0. The van der Waals surface area contributed by atoms with Crippen molar-refractivity contribution in [2.24, 2.45) is 0 Å². The average molecular weight is 414 g/mol. The molecule has 0 radical (unpaired) electrons. The molecule has 0 aliphatic carbocycles. The third kappa shape index (κ3) is 18.2. The van der Waals surface area contributed by atoms with E-state index in [2.05, 4.69) is 11.2 Å². The molecule has 1 N–H and O–H groups in total. The monoisotopic (exact) mass is 413 g/mol. The minimum Gasteiger partial charge on any atom is -0.466 e. The summed E-state index contributed by atoms with van der Waals surface area (Å²) in [7, 11) is 0. The highest BCUT2D eigenvalue weighted by Crippen LogP contribution is 2.19. The standard InChI is InChI=1S/C22H39NO6/c1-7-8-9-10-20(25)23-13-16-26-17-18-29-22(5,6)12-15-28-21(3,4)11-14-27-19(2)24/h1H,8-18H2,2-6H3,(H,23,25). The van der Waals surface area contributed by atoms with E-state index in [-0.39, 0.29) is 23.1 Å². The van der Waals surface area contributed by atoms with Crippen LogP contribution in [0.1, 0.15) is 66.7 Å². The average Bonchev–Trinajstić information content (AvgIpc) is 2.60. The molecular formula is C22H39NO6. The zero-order valence-corrected chi connectivity index (χ0v) is 18.8. The predicted molar refractivity (Wildman–Crippen MR) is 112 cm³/mol. The largest absolute Gasteiger partial charge is 0.466 e. The third-order valence-corrected chi connectivity index (χ3v) is 4.22. The van der Waals surface area contributed by atoms with E-state index in [4.69, 9.17) is 25.4 Å². The summed E-state index contributed by atoms with van der Waals surface area (Å²) < 4.78 is 22.2. The SMILES string of the molecule is C#CCCCC(=O)NCCOCCOC(C)(C)CCOC(C)(C)CCOC(C)=O. The molecule has 7 nitrogen and oxygen atoms in total. The van der Waals surface area contributed by atoms with Gasteiger partial charge in [-0.05, 0) is 40.5 Å². The van der Waals surface area contributed by atoms with Crippen LogP contribution >= 0.6 is 0 Å². The molecule has 0 aromatic rings. The molecule has 7 heteroatoms. The number of amides is 1. The van der Waals surface area contributed by atoms with Gasteiger partial charge in [-0.2, -0.15) is 0 Å². The number of nitrogens with one attached hydrogen (secondary N) is 1. The summed E-state index contributed by atoms with van der Waals surface area (Å²) in [6, 6.07) is 0. The van der Waals surface area contributed by atoms with E-state index in [0.29, 0.717) is 65.3 Å². The molecular weight excluding hydrogens is 374 g/mol. The van der Waals surface area contributed by atoms with Gasteiger partial charge in [0.2, 0.25) is 5.91 Å². The van der Waals surface area contributed by atoms with Crippen molar-refractivity contribution in [1.82, 2.24) is 5.32 Å². The lowest BCUT2D eigenvalue weighted by Crippen LogP contribution is -2.32. The number of carbonyl (C=O) groups excluding carboxylic acids is 2. The van der Waals surface area contributed by atoms with Crippen molar-refractivity contribution in [3.8, 4) is 12.3 Å². The summed E-state index contributed by atoms with van der Waals surface area (Å²) in [6.07, 6.45) is 8.30. The first kappa shape index (κ1) is 27.4. The fourth-order valence-corrected chi connectivity index (χ4v) is 2.34. The Kier molecular flexibility index (Phi) is 14.4. The van der Waals surface area contributed by atoms with Crippen LogP contribution in [0.25, 0.3) is 0 Å². The fraction of sp³-hybridized carbons (Fsp3) is 0.818. The Balaban J connectivity index is 3.74. The number of ether oxygens (including phenoxy) is 4. The van der Waals surface area contributed by atoms with Crippen LogP contribution in [0.4, 0.5) is 0 Å². The maximum Gasteiger partial charge on any atom is 0.302 e. The van der Waals surface area contributed by atoms with E-state index >= 15 is 0 Å². The van der Waals surface area contributed by atoms with E-state index in [1.165, 1.54) is 6.92 Å². The second kappa shape index (κ2) is 15.3. The fourth-order valence-electron chi connectivity index (χ4n) is 2.34. The van der Waals surface area contributed by atoms with Crippen LogP contribution in [0.2, 0.25) is 0 Å². The molecule has 0 aromatic heterocycles. The van der Waals surface area contributed by atoms with Crippen molar-refractivity contribution in [3.05, 3.63) is 0 Å². The number of hydrogen-bond donors (Lipinski definition) is 1. The Morgan fingerprint density at radius 3 is 2.17 bits per heavy atom. The van der Waals surface area contributed by atoms with E-state index in [1.54, 1.807) is 0 Å². The highest BCUT2D eigenvalue weighted by Gasteiger charge is 2.23. The van der Waals surface area contributed by atoms with Crippen molar-refractivity contribution >= 4 is 11.9 Å². The zero-order valence-electron chi connectivity index (χ0n) is 18.8. The lowest BCUT2D eigenvalue weighted by atomic mass is 10.0. The highest BCUT2D eigenvalue weighted by molar-refractivity contribution is 5.75. The summed E-state index contributed by atoms with van der Waals surface area (Å²) in [4.78, 5) is 22.3. The minimum atomic E-state index is -0.361. The normalized spacial score (nSPS) is 11.7. The maximum absolute atomic E-state index is 11.5. The zero-order chi connectivity index (χ0) is 22.2. The molecule has 0 saturated heterocycles. The molecule has 168 valence electrons. The van der Waals surface area contributed by atoms with Gasteiger partial charge in [-0.1, -0.05) is 0 Å². The second-order valence-electron chi connectivity index (χ2n) is 8.08. The molecule has 0 aliphatic rings. The number of hydrogen-bond acceptors (Lipinski definition) is 6. The van der Waals surface area contributed by atoms with Gasteiger partial charge in [0.05, 0.1) is 44.2 Å². The van der Waals surface area contributed by atoms with Gasteiger partial charge in [0.1, 0.15) is 0 Å². The molecule has 0 aliphatic heterocycles. The molecule has 0 rings (SSSR count). The number of rotatable bonds is 17. The minimum absolute atomic E-state index is 0.00277. The van der Waals surface area contributed by atoms with Gasteiger partial charge in [-0.15, -0.1) is 12.3 Å². The Morgan fingerprint density at radius 1 is 0.931 bits per heavy atom. The van der Waals surface area contributed by atoms with Crippen molar-refractivity contribution < 1.29 is 28.5 Å². The quantitative estimate of drug-likeness (QED) is 0.224. The van der Waals surface area contributed by atoms with Crippen LogP contribution in [0, 0.1) is 12.3 Å². The first-order valence-corrected chi connectivity index (χ1v) is 10.3. The second-order valence-corrected chi connectivity index (χ2v) is 8.08. The van der Waals surface area contributed by atoms with Gasteiger partial charge >= 0.3 is 5.97 Å². The highest BCUT2D eigenvalue weighted by atomic mass is 16.5. The van der Waals surface area contributed by atoms with Crippen LogP contribution in [0.5, 0.6) is 0 Å². The lowest BCUT2D eigenvalue weighted by Gasteiger charge is -2.29. The topological polar surface area (TPSA) is 83.1 Å².